The molecule has 1 unspecified atom stereocenters. The van der Waals surface area contributed by atoms with Gasteiger partial charge in [-0.3, -0.25) is 0 Å². The number of benzene rings is 1. The van der Waals surface area contributed by atoms with Crippen molar-refractivity contribution < 1.29 is 5.11 Å². The van der Waals surface area contributed by atoms with E-state index >= 15 is 0 Å². The molecule has 1 fully saturated rings. The lowest BCUT2D eigenvalue weighted by Crippen LogP contribution is -2.42. The molecule has 0 aromatic heterocycles. The Kier molecular flexibility index (Phi) is 4.83. The minimum atomic E-state index is -0.345. The van der Waals surface area contributed by atoms with Crippen LogP contribution in [0.2, 0.25) is 0 Å². The second-order valence-electron chi connectivity index (χ2n) is 5.66. The molecular formula is C16H26N2O. The molecule has 0 amide bonds. The van der Waals surface area contributed by atoms with Gasteiger partial charge in [0.2, 0.25) is 0 Å². The number of hydrogen-bond donors (Lipinski definition) is 1. The van der Waals surface area contributed by atoms with Crippen LogP contribution in [0.25, 0.3) is 0 Å². The van der Waals surface area contributed by atoms with Crippen LogP contribution in [-0.2, 0) is 0 Å². The zero-order valence-electron chi connectivity index (χ0n) is 12.3. The second kappa shape index (κ2) is 6.40. The zero-order chi connectivity index (χ0) is 13.8. The summed E-state index contributed by atoms with van der Waals surface area (Å²) in [5.41, 5.74) is 2.29. The molecule has 1 aromatic carbocycles. The lowest BCUT2D eigenvalue weighted by molar-refractivity contribution is 0.173. The normalized spacial score (nSPS) is 18.9. The molecule has 19 heavy (non-hydrogen) atoms. The van der Waals surface area contributed by atoms with E-state index in [0.29, 0.717) is 6.04 Å². The fraction of sp³-hybridized carbons (Fsp3) is 0.625. The van der Waals surface area contributed by atoms with E-state index in [2.05, 4.69) is 42.1 Å². The van der Waals surface area contributed by atoms with Gasteiger partial charge in [0.05, 0.1) is 6.10 Å². The average molecular weight is 262 g/mol. The van der Waals surface area contributed by atoms with E-state index in [1.807, 2.05) is 13.0 Å². The summed E-state index contributed by atoms with van der Waals surface area (Å²) in [5, 5.41) is 10.1. The SMILES string of the molecule is CCC(O)c1ccccc1N1CCC(N(C)C)CC1. The van der Waals surface area contributed by atoms with Crippen LogP contribution in [-0.4, -0.2) is 43.2 Å². The highest BCUT2D eigenvalue weighted by atomic mass is 16.3. The highest BCUT2D eigenvalue weighted by Gasteiger charge is 2.23. The Morgan fingerprint density at radius 2 is 1.89 bits per heavy atom. The number of anilines is 1. The van der Waals surface area contributed by atoms with Crippen molar-refractivity contribution in [3.8, 4) is 0 Å². The van der Waals surface area contributed by atoms with Crippen LogP contribution in [0.3, 0.4) is 0 Å². The lowest BCUT2D eigenvalue weighted by Gasteiger charge is -2.37. The van der Waals surface area contributed by atoms with Crippen molar-refractivity contribution in [2.45, 2.75) is 38.3 Å². The summed E-state index contributed by atoms with van der Waals surface area (Å²) < 4.78 is 0. The van der Waals surface area contributed by atoms with Gasteiger partial charge >= 0.3 is 0 Å². The van der Waals surface area contributed by atoms with Gasteiger partial charge in [0.25, 0.3) is 0 Å². The lowest BCUT2D eigenvalue weighted by atomic mass is 9.99. The zero-order valence-corrected chi connectivity index (χ0v) is 12.3. The number of para-hydroxylation sites is 1. The molecule has 0 saturated carbocycles. The quantitative estimate of drug-likeness (QED) is 0.903. The first-order valence-corrected chi connectivity index (χ1v) is 7.31. The number of hydrogen-bond acceptors (Lipinski definition) is 3. The van der Waals surface area contributed by atoms with Gasteiger partial charge in [-0.15, -0.1) is 0 Å². The maximum atomic E-state index is 10.1. The first-order valence-electron chi connectivity index (χ1n) is 7.31. The third kappa shape index (κ3) is 3.28. The van der Waals surface area contributed by atoms with Gasteiger partial charge in [-0.25, -0.2) is 0 Å². The number of rotatable bonds is 4. The van der Waals surface area contributed by atoms with E-state index in [-0.39, 0.29) is 6.10 Å². The Hall–Kier alpha value is -1.06. The topological polar surface area (TPSA) is 26.7 Å². The van der Waals surface area contributed by atoms with E-state index in [4.69, 9.17) is 0 Å². The Balaban J connectivity index is 2.11. The van der Waals surface area contributed by atoms with Gasteiger partial charge < -0.3 is 14.9 Å². The van der Waals surface area contributed by atoms with Crippen LogP contribution < -0.4 is 4.90 Å². The third-order valence-corrected chi connectivity index (χ3v) is 4.22. The van der Waals surface area contributed by atoms with Crippen molar-refractivity contribution in [3.63, 3.8) is 0 Å². The molecule has 1 saturated heterocycles. The molecule has 106 valence electrons. The number of piperidine rings is 1. The van der Waals surface area contributed by atoms with E-state index in [1.54, 1.807) is 0 Å². The Morgan fingerprint density at radius 1 is 1.26 bits per heavy atom. The smallest absolute Gasteiger partial charge is 0.0807 e. The van der Waals surface area contributed by atoms with Gasteiger partial charge in [-0.2, -0.15) is 0 Å². The molecule has 0 spiro atoms. The van der Waals surface area contributed by atoms with Crippen LogP contribution in [0, 0.1) is 0 Å². The minimum absolute atomic E-state index is 0.345. The summed E-state index contributed by atoms with van der Waals surface area (Å²) >= 11 is 0. The number of aliphatic hydroxyl groups excluding tert-OH is 1. The Bertz CT molecular complexity index is 397. The molecule has 1 aromatic rings. The number of aliphatic hydroxyl groups is 1. The first-order chi connectivity index (χ1) is 9.13. The van der Waals surface area contributed by atoms with Crippen LogP contribution in [0.4, 0.5) is 5.69 Å². The van der Waals surface area contributed by atoms with Crippen molar-refractivity contribution in [1.29, 1.82) is 0 Å². The van der Waals surface area contributed by atoms with Gasteiger partial charge in [0, 0.05) is 30.4 Å². The Labute approximate surface area is 116 Å². The van der Waals surface area contributed by atoms with Crippen molar-refractivity contribution in [1.82, 2.24) is 4.90 Å². The molecule has 3 heteroatoms. The highest BCUT2D eigenvalue weighted by Crippen LogP contribution is 2.30. The molecular weight excluding hydrogens is 236 g/mol. The molecule has 1 N–H and O–H groups in total. The summed E-state index contributed by atoms with van der Waals surface area (Å²) in [6.45, 7) is 4.19. The van der Waals surface area contributed by atoms with Gasteiger partial charge in [0.15, 0.2) is 0 Å². The summed E-state index contributed by atoms with van der Waals surface area (Å²) in [7, 11) is 4.32. The fourth-order valence-corrected chi connectivity index (χ4v) is 2.90. The maximum absolute atomic E-state index is 10.1. The van der Waals surface area contributed by atoms with Gasteiger partial charge in [-0.05, 0) is 39.4 Å². The monoisotopic (exact) mass is 262 g/mol. The summed E-state index contributed by atoms with van der Waals surface area (Å²) in [4.78, 5) is 4.75. The molecule has 0 bridgehead atoms. The summed E-state index contributed by atoms with van der Waals surface area (Å²) in [6, 6.07) is 8.98. The minimum Gasteiger partial charge on any atom is -0.388 e. The predicted octanol–water partition coefficient (Wildman–Crippen LogP) is 2.66. The van der Waals surface area contributed by atoms with Crippen molar-refractivity contribution in [2.75, 3.05) is 32.1 Å². The molecule has 1 atom stereocenters. The largest absolute Gasteiger partial charge is 0.388 e. The second-order valence-corrected chi connectivity index (χ2v) is 5.66. The fourth-order valence-electron chi connectivity index (χ4n) is 2.90. The summed E-state index contributed by atoms with van der Waals surface area (Å²) in [5.74, 6) is 0. The molecule has 3 nitrogen and oxygen atoms in total. The predicted molar refractivity (Wildman–Crippen MR) is 80.6 cm³/mol. The van der Waals surface area contributed by atoms with Crippen molar-refractivity contribution in [3.05, 3.63) is 29.8 Å². The molecule has 0 aliphatic carbocycles. The van der Waals surface area contributed by atoms with Crippen LogP contribution in [0.5, 0.6) is 0 Å². The van der Waals surface area contributed by atoms with E-state index in [0.717, 1.165) is 25.1 Å². The van der Waals surface area contributed by atoms with E-state index in [1.165, 1.54) is 18.5 Å². The molecule has 0 radical (unpaired) electrons. The third-order valence-electron chi connectivity index (χ3n) is 4.22. The molecule has 2 rings (SSSR count). The molecule has 1 heterocycles. The van der Waals surface area contributed by atoms with E-state index in [9.17, 15) is 5.11 Å². The van der Waals surface area contributed by atoms with Crippen molar-refractivity contribution in [2.24, 2.45) is 0 Å². The van der Waals surface area contributed by atoms with Crippen molar-refractivity contribution >= 4 is 5.69 Å². The van der Waals surface area contributed by atoms with Crippen LogP contribution in [0.1, 0.15) is 37.9 Å². The standard InChI is InChI=1S/C16H26N2O/c1-4-16(19)14-7-5-6-8-15(14)18-11-9-13(10-12-18)17(2)3/h5-8,13,16,19H,4,9-12H2,1-3H3. The molecule has 1 aliphatic rings. The van der Waals surface area contributed by atoms with Gasteiger partial charge in [0.1, 0.15) is 0 Å². The highest BCUT2D eigenvalue weighted by molar-refractivity contribution is 5.55. The average Bonchev–Trinajstić information content (AvgIpc) is 2.46. The Morgan fingerprint density at radius 3 is 2.47 bits per heavy atom. The molecule has 1 aliphatic heterocycles. The van der Waals surface area contributed by atoms with Gasteiger partial charge in [-0.1, -0.05) is 25.1 Å². The summed E-state index contributed by atoms with van der Waals surface area (Å²) in [6.07, 6.45) is 2.82. The first kappa shape index (κ1) is 14.4. The number of nitrogens with zero attached hydrogens (tertiary/aromatic N) is 2. The van der Waals surface area contributed by atoms with Crippen LogP contribution in [0.15, 0.2) is 24.3 Å². The maximum Gasteiger partial charge on any atom is 0.0807 e. The van der Waals surface area contributed by atoms with Crippen LogP contribution >= 0.6 is 0 Å². The van der Waals surface area contributed by atoms with E-state index < -0.39 is 0 Å².